The van der Waals surface area contributed by atoms with Gasteiger partial charge in [-0.25, -0.2) is 0 Å². The van der Waals surface area contributed by atoms with Crippen molar-refractivity contribution in [2.45, 2.75) is 26.7 Å². The van der Waals surface area contributed by atoms with Crippen molar-refractivity contribution in [3.63, 3.8) is 0 Å². The first-order chi connectivity index (χ1) is 17.3. The molecule has 0 aliphatic rings. The molecular formula is C26H32N2O8. The second-order valence-corrected chi connectivity index (χ2v) is 7.84. The third kappa shape index (κ3) is 12.4. The molecule has 0 heterocycles. The fourth-order valence-corrected chi connectivity index (χ4v) is 2.72. The maximum Gasteiger partial charge on any atom is 0.309 e. The van der Waals surface area contributed by atoms with Crippen LogP contribution in [0.1, 0.15) is 24.0 Å². The van der Waals surface area contributed by atoms with Crippen LogP contribution in [0.25, 0.3) is 0 Å². The molecule has 2 aromatic rings. The summed E-state index contributed by atoms with van der Waals surface area (Å²) < 4.78 is 20.6. The van der Waals surface area contributed by atoms with Gasteiger partial charge in [0.25, 0.3) is 11.8 Å². The Bertz CT molecular complexity index is 909. The standard InChI is InChI=1S/C26H32N2O8/c1-19-3-7-21(8-4-19)33-15-11-25(31)35-17-23(29)27-13-14-28-24(30)18-36-26(32)12-16-34-22-9-5-20(2)6-10-22/h3-10H,11-18H2,1-2H3,(H,27,29)(H,28,30). The lowest BCUT2D eigenvalue weighted by atomic mass is 10.2. The van der Waals surface area contributed by atoms with Crippen LogP contribution in [0.2, 0.25) is 0 Å². The van der Waals surface area contributed by atoms with Gasteiger partial charge in [-0.15, -0.1) is 0 Å². The van der Waals surface area contributed by atoms with Gasteiger partial charge < -0.3 is 29.6 Å². The molecule has 0 radical (unpaired) electrons. The fraction of sp³-hybridized carbons (Fsp3) is 0.385. The molecule has 0 aliphatic heterocycles. The SMILES string of the molecule is Cc1ccc(OCCC(=O)OCC(=O)NCCNC(=O)COC(=O)CCOc2ccc(C)cc2)cc1. The third-order valence-electron chi connectivity index (χ3n) is 4.69. The Balaban J connectivity index is 1.44. The van der Waals surface area contributed by atoms with Crippen molar-refractivity contribution in [3.8, 4) is 11.5 Å². The predicted octanol–water partition coefficient (Wildman–Crippen LogP) is 1.86. The lowest BCUT2D eigenvalue weighted by Crippen LogP contribution is -2.38. The number of ether oxygens (including phenoxy) is 4. The van der Waals surface area contributed by atoms with E-state index in [4.69, 9.17) is 18.9 Å². The maximum atomic E-state index is 11.7. The average Bonchev–Trinajstić information content (AvgIpc) is 2.86. The molecule has 2 rings (SSSR count). The van der Waals surface area contributed by atoms with E-state index in [0.29, 0.717) is 11.5 Å². The molecule has 2 aromatic carbocycles. The van der Waals surface area contributed by atoms with Gasteiger partial charge in [-0.2, -0.15) is 0 Å². The zero-order chi connectivity index (χ0) is 26.2. The van der Waals surface area contributed by atoms with E-state index in [9.17, 15) is 19.2 Å². The minimum absolute atomic E-state index is 0.00795. The van der Waals surface area contributed by atoms with Crippen LogP contribution in [0.15, 0.2) is 48.5 Å². The molecule has 36 heavy (non-hydrogen) atoms. The van der Waals surface area contributed by atoms with Crippen LogP contribution in [0, 0.1) is 13.8 Å². The van der Waals surface area contributed by atoms with Crippen LogP contribution in [0.3, 0.4) is 0 Å². The Morgan fingerprint density at radius 3 is 1.33 bits per heavy atom. The highest BCUT2D eigenvalue weighted by Gasteiger charge is 2.10. The molecule has 0 saturated heterocycles. The van der Waals surface area contributed by atoms with Crippen molar-refractivity contribution in [3.05, 3.63) is 59.7 Å². The molecule has 0 unspecified atom stereocenters. The van der Waals surface area contributed by atoms with Gasteiger partial charge in [0.05, 0.1) is 26.1 Å². The summed E-state index contributed by atoms with van der Waals surface area (Å²) in [7, 11) is 0. The number of amides is 2. The first-order valence-electron chi connectivity index (χ1n) is 11.6. The zero-order valence-electron chi connectivity index (χ0n) is 20.5. The van der Waals surface area contributed by atoms with Crippen molar-refractivity contribution < 1.29 is 38.1 Å². The molecule has 0 bridgehead atoms. The minimum Gasteiger partial charge on any atom is -0.493 e. The highest BCUT2D eigenvalue weighted by Crippen LogP contribution is 2.12. The van der Waals surface area contributed by atoms with E-state index in [0.717, 1.165) is 11.1 Å². The van der Waals surface area contributed by atoms with Gasteiger partial charge in [0.2, 0.25) is 0 Å². The first-order valence-corrected chi connectivity index (χ1v) is 11.6. The number of benzene rings is 2. The lowest BCUT2D eigenvalue weighted by Gasteiger charge is -2.09. The molecule has 0 fully saturated rings. The second kappa shape index (κ2) is 15.8. The Labute approximate surface area is 210 Å². The van der Waals surface area contributed by atoms with E-state index in [1.807, 2.05) is 38.1 Å². The van der Waals surface area contributed by atoms with Gasteiger partial charge in [0, 0.05) is 13.1 Å². The van der Waals surface area contributed by atoms with Crippen LogP contribution in [-0.4, -0.2) is 63.3 Å². The lowest BCUT2D eigenvalue weighted by molar-refractivity contribution is -0.149. The van der Waals surface area contributed by atoms with Gasteiger partial charge in [0.1, 0.15) is 11.5 Å². The highest BCUT2D eigenvalue weighted by molar-refractivity contribution is 5.81. The number of aryl methyl sites for hydroxylation is 2. The molecule has 10 heteroatoms. The van der Waals surface area contributed by atoms with Gasteiger partial charge in [-0.1, -0.05) is 35.4 Å². The Kier molecular flexibility index (Phi) is 12.3. The van der Waals surface area contributed by atoms with Crippen LogP contribution in [0.4, 0.5) is 0 Å². The Morgan fingerprint density at radius 1 is 0.611 bits per heavy atom. The molecule has 0 aromatic heterocycles. The van der Waals surface area contributed by atoms with E-state index in [2.05, 4.69) is 10.6 Å². The molecule has 0 atom stereocenters. The van der Waals surface area contributed by atoms with Crippen molar-refractivity contribution in [2.75, 3.05) is 39.5 Å². The summed E-state index contributed by atoms with van der Waals surface area (Å²) in [6, 6.07) is 14.8. The maximum absolute atomic E-state index is 11.7. The largest absolute Gasteiger partial charge is 0.493 e. The van der Waals surface area contributed by atoms with Crippen LogP contribution >= 0.6 is 0 Å². The summed E-state index contributed by atoms with van der Waals surface area (Å²) >= 11 is 0. The topological polar surface area (TPSA) is 129 Å². The van der Waals surface area contributed by atoms with Crippen molar-refractivity contribution >= 4 is 23.8 Å². The van der Waals surface area contributed by atoms with Crippen LogP contribution in [0.5, 0.6) is 11.5 Å². The van der Waals surface area contributed by atoms with E-state index in [-0.39, 0.29) is 39.1 Å². The number of hydrogen-bond donors (Lipinski definition) is 2. The van der Waals surface area contributed by atoms with E-state index in [1.54, 1.807) is 24.3 Å². The molecule has 0 saturated carbocycles. The molecule has 10 nitrogen and oxygen atoms in total. The summed E-state index contributed by atoms with van der Waals surface area (Å²) in [5.41, 5.74) is 2.21. The minimum atomic E-state index is -0.559. The molecule has 0 spiro atoms. The van der Waals surface area contributed by atoms with E-state index in [1.165, 1.54) is 0 Å². The zero-order valence-corrected chi connectivity index (χ0v) is 20.5. The van der Waals surface area contributed by atoms with Gasteiger partial charge in [-0.05, 0) is 38.1 Å². The third-order valence-corrected chi connectivity index (χ3v) is 4.69. The molecule has 194 valence electrons. The van der Waals surface area contributed by atoms with Gasteiger partial charge in [-0.3, -0.25) is 19.2 Å². The molecule has 2 N–H and O–H groups in total. The number of carbonyl (C=O) groups excluding carboxylic acids is 4. The molecule has 2 amide bonds. The summed E-state index contributed by atoms with van der Waals surface area (Å²) in [5.74, 6) is -0.826. The Morgan fingerprint density at radius 2 is 0.972 bits per heavy atom. The van der Waals surface area contributed by atoms with E-state index < -0.39 is 37.0 Å². The second-order valence-electron chi connectivity index (χ2n) is 7.84. The smallest absolute Gasteiger partial charge is 0.309 e. The summed E-state index contributed by atoms with van der Waals surface area (Å²) in [6.07, 6.45) is 0.0159. The summed E-state index contributed by atoms with van der Waals surface area (Å²) in [4.78, 5) is 46.9. The predicted molar refractivity (Wildman–Crippen MR) is 131 cm³/mol. The number of rotatable bonds is 15. The summed E-state index contributed by atoms with van der Waals surface area (Å²) in [5, 5.41) is 5.01. The first kappa shape index (κ1) is 28.2. The normalized spacial score (nSPS) is 10.2. The van der Waals surface area contributed by atoms with E-state index >= 15 is 0 Å². The fourth-order valence-electron chi connectivity index (χ4n) is 2.72. The number of esters is 2. The number of carbonyl (C=O) groups is 4. The van der Waals surface area contributed by atoms with Crippen LogP contribution in [-0.2, 0) is 28.7 Å². The van der Waals surface area contributed by atoms with Crippen molar-refractivity contribution in [1.29, 1.82) is 0 Å². The van der Waals surface area contributed by atoms with Crippen LogP contribution < -0.4 is 20.1 Å². The quantitative estimate of drug-likeness (QED) is 0.280. The number of hydrogen-bond acceptors (Lipinski definition) is 8. The Hall–Kier alpha value is -4.08. The monoisotopic (exact) mass is 500 g/mol. The molecule has 0 aliphatic carbocycles. The highest BCUT2D eigenvalue weighted by atomic mass is 16.5. The van der Waals surface area contributed by atoms with Gasteiger partial charge >= 0.3 is 11.9 Å². The van der Waals surface area contributed by atoms with Crippen molar-refractivity contribution in [1.82, 2.24) is 10.6 Å². The number of nitrogens with one attached hydrogen (secondary N) is 2. The van der Waals surface area contributed by atoms with Gasteiger partial charge in [0.15, 0.2) is 13.2 Å². The molecular weight excluding hydrogens is 468 g/mol. The summed E-state index contributed by atoms with van der Waals surface area (Å²) in [6.45, 7) is 3.58. The van der Waals surface area contributed by atoms with Crippen molar-refractivity contribution in [2.24, 2.45) is 0 Å². The average molecular weight is 501 g/mol.